The third kappa shape index (κ3) is 3.57. The predicted molar refractivity (Wildman–Crippen MR) is 93.0 cm³/mol. The quantitative estimate of drug-likeness (QED) is 0.809. The summed E-state index contributed by atoms with van der Waals surface area (Å²) in [5, 5.41) is -0.342. The van der Waals surface area contributed by atoms with E-state index in [0.29, 0.717) is 19.7 Å². The molecule has 3 rings (SSSR count). The highest BCUT2D eigenvalue weighted by atomic mass is 32.2. The Labute approximate surface area is 142 Å². The predicted octanol–water partition coefficient (Wildman–Crippen LogP) is 2.20. The van der Waals surface area contributed by atoms with E-state index in [0.717, 1.165) is 23.6 Å². The van der Waals surface area contributed by atoms with Crippen LogP contribution in [0.1, 0.15) is 31.7 Å². The Balaban J connectivity index is 1.50. The van der Waals surface area contributed by atoms with Gasteiger partial charge in [-0.25, -0.2) is 8.42 Å². The minimum atomic E-state index is -3.11. The second-order valence-electron chi connectivity index (χ2n) is 6.76. The average molecular weight is 357 g/mol. The van der Waals surface area contributed by atoms with Crippen LogP contribution in [0.2, 0.25) is 0 Å². The van der Waals surface area contributed by atoms with E-state index in [1.165, 1.54) is 0 Å². The van der Waals surface area contributed by atoms with Crippen LogP contribution in [0, 0.1) is 6.92 Å². The zero-order chi connectivity index (χ0) is 16.7. The van der Waals surface area contributed by atoms with Gasteiger partial charge in [0, 0.05) is 29.3 Å². The monoisotopic (exact) mass is 356 g/mol. The van der Waals surface area contributed by atoms with Crippen molar-refractivity contribution in [2.45, 2.75) is 49.9 Å². The van der Waals surface area contributed by atoms with E-state index in [-0.39, 0.29) is 16.1 Å². The van der Waals surface area contributed by atoms with Crippen LogP contribution < -0.4 is 0 Å². The molecule has 1 unspecified atom stereocenters. The summed E-state index contributed by atoms with van der Waals surface area (Å²) in [6.45, 7) is 7.23. The van der Waals surface area contributed by atoms with E-state index in [1.54, 1.807) is 18.2 Å². The molecule has 5 nitrogen and oxygen atoms in total. The molecule has 2 saturated heterocycles. The Kier molecular flexibility index (Phi) is 4.75. The molecule has 0 amide bonds. The summed E-state index contributed by atoms with van der Waals surface area (Å²) >= 11 is 1.86. The van der Waals surface area contributed by atoms with E-state index in [4.69, 9.17) is 4.74 Å². The molecule has 0 saturated carbocycles. The fourth-order valence-corrected chi connectivity index (χ4v) is 6.25. The maximum atomic E-state index is 12.2. The summed E-state index contributed by atoms with van der Waals surface area (Å²) in [4.78, 5) is 4.45. The van der Waals surface area contributed by atoms with Crippen LogP contribution in [0.4, 0.5) is 0 Å². The molecular formula is C16H24N2O3S2. The van der Waals surface area contributed by atoms with Gasteiger partial charge in [-0.2, -0.15) is 4.31 Å². The Morgan fingerprint density at radius 3 is 2.83 bits per heavy atom. The van der Waals surface area contributed by atoms with Gasteiger partial charge in [0.2, 0.25) is 10.0 Å². The van der Waals surface area contributed by atoms with Gasteiger partial charge in [-0.05, 0) is 39.3 Å². The molecule has 0 aliphatic carbocycles. The maximum absolute atomic E-state index is 12.2. The number of hydrogen-bond donors (Lipinski definition) is 0. The lowest BCUT2D eigenvalue weighted by molar-refractivity contribution is 0.0379. The van der Waals surface area contributed by atoms with Crippen molar-refractivity contribution in [1.82, 2.24) is 9.29 Å². The highest BCUT2D eigenvalue weighted by Crippen LogP contribution is 2.47. The van der Waals surface area contributed by atoms with Crippen molar-refractivity contribution in [3.8, 4) is 0 Å². The Morgan fingerprint density at radius 2 is 2.17 bits per heavy atom. The van der Waals surface area contributed by atoms with Gasteiger partial charge in [0.15, 0.2) is 0 Å². The maximum Gasteiger partial charge on any atom is 0.216 e. The third-order valence-corrected chi connectivity index (χ3v) is 8.22. The van der Waals surface area contributed by atoms with Crippen LogP contribution in [-0.2, 0) is 21.4 Å². The van der Waals surface area contributed by atoms with Crippen molar-refractivity contribution in [2.24, 2.45) is 0 Å². The molecule has 1 spiro atoms. The summed E-state index contributed by atoms with van der Waals surface area (Å²) in [7, 11) is -3.11. The number of aromatic nitrogens is 1. The van der Waals surface area contributed by atoms with Crippen LogP contribution in [0.25, 0.3) is 0 Å². The van der Waals surface area contributed by atoms with Crippen LogP contribution in [0.3, 0.4) is 0 Å². The smallest absolute Gasteiger partial charge is 0.216 e. The molecule has 3 heterocycles. The van der Waals surface area contributed by atoms with Crippen molar-refractivity contribution in [2.75, 3.05) is 18.8 Å². The first-order chi connectivity index (χ1) is 10.8. The van der Waals surface area contributed by atoms with Gasteiger partial charge in [0.05, 0.1) is 23.7 Å². The molecule has 1 atom stereocenters. The largest absolute Gasteiger partial charge is 0.371 e. The summed E-state index contributed by atoms with van der Waals surface area (Å²) in [6.07, 6.45) is 1.11. The molecule has 0 aromatic carbocycles. The van der Waals surface area contributed by atoms with Crippen LogP contribution >= 0.6 is 11.8 Å². The summed E-state index contributed by atoms with van der Waals surface area (Å²) in [6, 6.07) is 5.94. The van der Waals surface area contributed by atoms with Crippen molar-refractivity contribution in [1.29, 1.82) is 0 Å². The van der Waals surface area contributed by atoms with Crippen molar-refractivity contribution >= 4 is 21.8 Å². The highest BCUT2D eigenvalue weighted by Gasteiger charge is 2.53. The zero-order valence-corrected chi connectivity index (χ0v) is 15.5. The molecule has 0 bridgehead atoms. The molecule has 2 fully saturated rings. The number of sulfonamides is 1. The first-order valence-electron chi connectivity index (χ1n) is 7.98. The van der Waals surface area contributed by atoms with Crippen LogP contribution in [0.15, 0.2) is 18.2 Å². The zero-order valence-electron chi connectivity index (χ0n) is 13.9. The van der Waals surface area contributed by atoms with Crippen molar-refractivity contribution in [3.63, 3.8) is 0 Å². The first kappa shape index (κ1) is 17.2. The molecule has 0 radical (unpaired) electrons. The van der Waals surface area contributed by atoms with Crippen LogP contribution in [0.5, 0.6) is 0 Å². The second-order valence-corrected chi connectivity index (χ2v) is 10.7. The number of pyridine rings is 1. The van der Waals surface area contributed by atoms with Gasteiger partial charge in [0.1, 0.15) is 0 Å². The molecule has 1 aromatic rings. The topological polar surface area (TPSA) is 59.5 Å². The molecule has 7 heteroatoms. The first-order valence-corrected chi connectivity index (χ1v) is 10.5. The Bertz CT molecular complexity index is 670. The SMILES string of the molecule is Cc1cccc(COC2CSC3(C2)CN(S(=O)(=O)C(C)C)C3)n1. The highest BCUT2D eigenvalue weighted by molar-refractivity contribution is 8.01. The van der Waals surface area contributed by atoms with Crippen LogP contribution in [-0.4, -0.2) is 52.7 Å². The second kappa shape index (κ2) is 6.35. The van der Waals surface area contributed by atoms with Gasteiger partial charge < -0.3 is 4.74 Å². The molecule has 2 aliphatic rings. The molecule has 0 N–H and O–H groups in total. The van der Waals surface area contributed by atoms with E-state index < -0.39 is 10.0 Å². The summed E-state index contributed by atoms with van der Waals surface area (Å²) in [5.41, 5.74) is 1.95. The summed E-state index contributed by atoms with van der Waals surface area (Å²) in [5.74, 6) is 0.932. The molecule has 2 aliphatic heterocycles. The molecule has 128 valence electrons. The number of hydrogen-bond acceptors (Lipinski definition) is 5. The minimum absolute atomic E-state index is 0.0622. The minimum Gasteiger partial charge on any atom is -0.371 e. The van der Waals surface area contributed by atoms with Gasteiger partial charge >= 0.3 is 0 Å². The van der Waals surface area contributed by atoms with Gasteiger partial charge in [-0.15, -0.1) is 11.8 Å². The standard InChI is InChI=1S/C16H24N2O3S2/c1-12(2)23(19,20)18-10-16(11-18)7-15(9-22-16)21-8-14-6-4-5-13(3)17-14/h4-6,12,15H,7-11H2,1-3H3. The summed E-state index contributed by atoms with van der Waals surface area (Å²) < 4.78 is 32.0. The fourth-order valence-electron chi connectivity index (χ4n) is 3.09. The number of aryl methyl sites for hydroxylation is 1. The molecular weight excluding hydrogens is 332 g/mol. The lowest BCUT2D eigenvalue weighted by atomic mass is 9.95. The molecule has 23 heavy (non-hydrogen) atoms. The lowest BCUT2D eigenvalue weighted by Gasteiger charge is -2.47. The third-order valence-electron chi connectivity index (χ3n) is 4.47. The van der Waals surface area contributed by atoms with Gasteiger partial charge in [-0.1, -0.05) is 6.07 Å². The van der Waals surface area contributed by atoms with E-state index in [2.05, 4.69) is 4.98 Å². The Hall–Kier alpha value is -0.630. The van der Waals surface area contributed by atoms with E-state index in [9.17, 15) is 8.42 Å². The number of nitrogens with zero attached hydrogens (tertiary/aromatic N) is 2. The fraction of sp³-hybridized carbons (Fsp3) is 0.688. The van der Waals surface area contributed by atoms with Crippen molar-refractivity contribution < 1.29 is 13.2 Å². The Morgan fingerprint density at radius 1 is 1.43 bits per heavy atom. The number of ether oxygens (including phenoxy) is 1. The number of thioether (sulfide) groups is 1. The number of rotatable bonds is 5. The lowest BCUT2D eigenvalue weighted by Crippen LogP contribution is -2.61. The van der Waals surface area contributed by atoms with Gasteiger partial charge in [0.25, 0.3) is 0 Å². The average Bonchev–Trinajstić information content (AvgIpc) is 2.88. The van der Waals surface area contributed by atoms with E-state index in [1.807, 2.05) is 36.9 Å². The van der Waals surface area contributed by atoms with E-state index >= 15 is 0 Å². The van der Waals surface area contributed by atoms with Crippen molar-refractivity contribution in [3.05, 3.63) is 29.6 Å². The molecule has 1 aromatic heterocycles. The normalized spacial score (nSPS) is 24.3. The van der Waals surface area contributed by atoms with Gasteiger partial charge in [-0.3, -0.25) is 4.98 Å².